The van der Waals surface area contributed by atoms with Crippen LogP contribution in [0.4, 0.5) is 5.69 Å². The monoisotopic (exact) mass is 451 g/mol. The number of para-hydroxylation sites is 3. The van der Waals surface area contributed by atoms with Crippen molar-refractivity contribution >= 4 is 22.6 Å². The van der Waals surface area contributed by atoms with Crippen molar-refractivity contribution in [3.05, 3.63) is 95.3 Å². The molecule has 1 atom stereocenters. The zero-order valence-corrected chi connectivity index (χ0v) is 20.4. The van der Waals surface area contributed by atoms with Crippen molar-refractivity contribution in [3.8, 4) is 0 Å². The molecule has 0 saturated heterocycles. The van der Waals surface area contributed by atoms with Crippen LogP contribution in [-0.2, 0) is 24.2 Å². The van der Waals surface area contributed by atoms with E-state index in [4.69, 9.17) is 4.98 Å². The Morgan fingerprint density at radius 1 is 0.941 bits per heavy atom. The molecule has 1 unspecified atom stereocenters. The molecule has 4 heteroatoms. The van der Waals surface area contributed by atoms with Crippen molar-refractivity contribution in [3.63, 3.8) is 0 Å². The molecule has 4 nitrogen and oxygen atoms in total. The first kappa shape index (κ1) is 22.4. The van der Waals surface area contributed by atoms with Gasteiger partial charge in [0, 0.05) is 18.2 Å². The number of imidazole rings is 1. The maximum absolute atomic E-state index is 13.6. The average molecular weight is 452 g/mol. The summed E-state index contributed by atoms with van der Waals surface area (Å²) in [5.74, 6) is 1.79. The molecular weight excluding hydrogens is 418 g/mol. The highest BCUT2D eigenvalue weighted by Gasteiger charge is 2.25. The molecule has 0 aliphatic carbocycles. The van der Waals surface area contributed by atoms with Gasteiger partial charge in [-0.2, -0.15) is 0 Å². The van der Waals surface area contributed by atoms with Crippen LogP contribution in [-0.4, -0.2) is 22.0 Å². The fraction of sp³-hybridized carbons (Fsp3) is 0.333. The molecule has 0 N–H and O–H groups in total. The van der Waals surface area contributed by atoms with Crippen molar-refractivity contribution < 1.29 is 4.79 Å². The number of rotatable bonds is 6. The van der Waals surface area contributed by atoms with Gasteiger partial charge in [0.05, 0.1) is 11.0 Å². The van der Waals surface area contributed by atoms with Gasteiger partial charge in [0.2, 0.25) is 5.91 Å². The number of fused-ring (bicyclic) bond motifs is 2. The normalized spacial score (nSPS) is 14.4. The highest BCUT2D eigenvalue weighted by Crippen LogP contribution is 2.30. The lowest BCUT2D eigenvalue weighted by Gasteiger charge is -2.30. The van der Waals surface area contributed by atoms with E-state index in [1.165, 1.54) is 16.7 Å². The molecular formula is C30H33N3O. The first-order valence-electron chi connectivity index (χ1n) is 12.4. The number of anilines is 1. The van der Waals surface area contributed by atoms with E-state index in [2.05, 4.69) is 73.9 Å². The second kappa shape index (κ2) is 9.46. The Balaban J connectivity index is 1.48. The van der Waals surface area contributed by atoms with Crippen molar-refractivity contribution in [2.45, 2.75) is 52.5 Å². The van der Waals surface area contributed by atoms with Crippen LogP contribution >= 0.6 is 0 Å². The molecule has 1 aliphatic heterocycles. The zero-order chi connectivity index (χ0) is 23.7. The Morgan fingerprint density at radius 2 is 1.68 bits per heavy atom. The van der Waals surface area contributed by atoms with E-state index in [0.29, 0.717) is 12.5 Å². The summed E-state index contributed by atoms with van der Waals surface area (Å²) < 4.78 is 2.13. The summed E-state index contributed by atoms with van der Waals surface area (Å²) in [6.45, 7) is 7.74. The summed E-state index contributed by atoms with van der Waals surface area (Å²) >= 11 is 0. The van der Waals surface area contributed by atoms with Gasteiger partial charge in [-0.15, -0.1) is 0 Å². The second-order valence-corrected chi connectivity index (χ2v) is 9.88. The van der Waals surface area contributed by atoms with E-state index in [0.717, 1.165) is 48.4 Å². The number of hydrogen-bond donors (Lipinski definition) is 0. The molecule has 3 aromatic carbocycles. The van der Waals surface area contributed by atoms with E-state index in [1.807, 2.05) is 29.2 Å². The van der Waals surface area contributed by atoms with Crippen LogP contribution in [0.15, 0.2) is 72.8 Å². The fourth-order valence-corrected chi connectivity index (χ4v) is 5.17. The molecule has 0 fully saturated rings. The number of amides is 1. The molecule has 5 rings (SSSR count). The van der Waals surface area contributed by atoms with Crippen LogP contribution in [0.2, 0.25) is 0 Å². The molecule has 2 heterocycles. The lowest BCUT2D eigenvalue weighted by Crippen LogP contribution is -2.38. The van der Waals surface area contributed by atoms with E-state index >= 15 is 0 Å². The third-order valence-corrected chi connectivity index (χ3v) is 6.90. The third kappa shape index (κ3) is 4.37. The van der Waals surface area contributed by atoms with Crippen LogP contribution in [0.3, 0.4) is 0 Å². The maximum Gasteiger partial charge on any atom is 0.246 e. The van der Waals surface area contributed by atoms with Crippen LogP contribution < -0.4 is 4.90 Å². The molecule has 1 aliphatic rings. The van der Waals surface area contributed by atoms with E-state index < -0.39 is 0 Å². The number of hydrogen-bond acceptors (Lipinski definition) is 2. The van der Waals surface area contributed by atoms with Gasteiger partial charge in [-0.25, -0.2) is 4.98 Å². The smallest absolute Gasteiger partial charge is 0.246 e. The Labute approximate surface area is 202 Å². The van der Waals surface area contributed by atoms with Crippen molar-refractivity contribution in [2.24, 2.45) is 5.92 Å². The molecule has 1 amide bonds. The van der Waals surface area contributed by atoms with Crippen molar-refractivity contribution in [1.29, 1.82) is 0 Å². The molecule has 34 heavy (non-hydrogen) atoms. The van der Waals surface area contributed by atoms with Gasteiger partial charge in [0.25, 0.3) is 0 Å². The second-order valence-electron chi connectivity index (χ2n) is 9.88. The topological polar surface area (TPSA) is 38.1 Å². The van der Waals surface area contributed by atoms with Gasteiger partial charge < -0.3 is 9.47 Å². The van der Waals surface area contributed by atoms with Gasteiger partial charge in [-0.05, 0) is 60.1 Å². The Morgan fingerprint density at radius 3 is 2.47 bits per heavy atom. The Bertz CT molecular complexity index is 1300. The minimum Gasteiger partial charge on any atom is -0.318 e. The summed E-state index contributed by atoms with van der Waals surface area (Å²) in [7, 11) is 0. The predicted molar refractivity (Wildman–Crippen MR) is 139 cm³/mol. The third-order valence-electron chi connectivity index (χ3n) is 6.90. The fourth-order valence-electron chi connectivity index (χ4n) is 5.17. The Kier molecular flexibility index (Phi) is 6.23. The first-order chi connectivity index (χ1) is 16.5. The molecule has 0 saturated carbocycles. The number of carbonyl (C=O) groups excluding carboxylic acids is 1. The lowest BCUT2D eigenvalue weighted by molar-refractivity contribution is -0.119. The number of nitrogens with zero attached hydrogens (tertiary/aromatic N) is 3. The number of benzene rings is 3. The minimum atomic E-state index is 0.0851. The van der Waals surface area contributed by atoms with E-state index in [-0.39, 0.29) is 11.8 Å². The molecule has 0 radical (unpaired) electrons. The number of aromatic nitrogens is 2. The van der Waals surface area contributed by atoms with Crippen molar-refractivity contribution in [1.82, 2.24) is 9.55 Å². The predicted octanol–water partition coefficient (Wildman–Crippen LogP) is 6.37. The highest BCUT2D eigenvalue weighted by molar-refractivity contribution is 5.95. The van der Waals surface area contributed by atoms with Crippen LogP contribution in [0, 0.1) is 5.92 Å². The number of aryl methyl sites for hydroxylation is 1. The Hall–Kier alpha value is -3.40. The molecule has 4 aromatic rings. The zero-order valence-electron chi connectivity index (χ0n) is 20.4. The summed E-state index contributed by atoms with van der Waals surface area (Å²) in [6.07, 6.45) is 3.11. The first-order valence-corrected chi connectivity index (χ1v) is 12.4. The largest absolute Gasteiger partial charge is 0.318 e. The maximum atomic E-state index is 13.6. The quantitative estimate of drug-likeness (QED) is 0.342. The van der Waals surface area contributed by atoms with E-state index in [1.54, 1.807) is 0 Å². The standard InChI is InChI=1S/C30H33N3O/c1-21(2)19-23-14-16-24(17-15-23)22(3)30-31-26-11-5-7-13-28(26)33(30)20-29(34)32-18-8-10-25-9-4-6-12-27(25)32/h4-7,9,11-17,21-22H,8,10,18-20H2,1-3H3. The van der Waals surface area contributed by atoms with Gasteiger partial charge in [-0.3, -0.25) is 4.79 Å². The molecule has 0 spiro atoms. The van der Waals surface area contributed by atoms with Crippen LogP contribution in [0.1, 0.15) is 55.6 Å². The average Bonchev–Trinajstić information content (AvgIpc) is 3.21. The molecule has 1 aromatic heterocycles. The van der Waals surface area contributed by atoms with E-state index in [9.17, 15) is 4.79 Å². The summed E-state index contributed by atoms with van der Waals surface area (Å²) in [4.78, 5) is 20.6. The van der Waals surface area contributed by atoms with Crippen LogP contribution in [0.5, 0.6) is 0 Å². The SMILES string of the molecule is CC(C)Cc1ccc(C(C)c2nc3ccccc3n2CC(=O)N2CCCc3ccccc32)cc1. The van der Waals surface area contributed by atoms with Gasteiger partial charge in [0.1, 0.15) is 12.4 Å². The van der Waals surface area contributed by atoms with Crippen molar-refractivity contribution in [2.75, 3.05) is 11.4 Å². The summed E-state index contributed by atoms with van der Waals surface area (Å²) in [5, 5.41) is 0. The molecule has 0 bridgehead atoms. The minimum absolute atomic E-state index is 0.0851. The molecule has 174 valence electrons. The summed E-state index contributed by atoms with van der Waals surface area (Å²) in [6, 6.07) is 25.3. The summed E-state index contributed by atoms with van der Waals surface area (Å²) in [5.41, 5.74) is 6.84. The van der Waals surface area contributed by atoms with Gasteiger partial charge in [-0.1, -0.05) is 75.4 Å². The highest BCUT2D eigenvalue weighted by atomic mass is 16.2. The lowest BCUT2D eigenvalue weighted by atomic mass is 9.96. The van der Waals surface area contributed by atoms with Crippen LogP contribution in [0.25, 0.3) is 11.0 Å². The van der Waals surface area contributed by atoms with Gasteiger partial charge >= 0.3 is 0 Å². The number of carbonyl (C=O) groups is 1. The van der Waals surface area contributed by atoms with Gasteiger partial charge in [0.15, 0.2) is 0 Å².